The molecule has 0 rings (SSSR count). The standard InChI is InChI=1S/C14H29NO2/c1-2-3-4-5-6-7-8-9-10-11-12-13-17-14(15)16/h2-13H2,1H3,(H2,15,16). The lowest BCUT2D eigenvalue weighted by Gasteiger charge is -2.03. The van der Waals surface area contributed by atoms with Crippen LogP contribution in [0, 0.1) is 0 Å². The Morgan fingerprint density at radius 1 is 0.824 bits per heavy atom. The van der Waals surface area contributed by atoms with Crippen molar-refractivity contribution >= 4 is 6.09 Å². The first-order chi connectivity index (χ1) is 8.27. The number of hydrogen-bond donors (Lipinski definition) is 1. The molecule has 0 aromatic rings. The topological polar surface area (TPSA) is 52.3 Å². The minimum atomic E-state index is -0.655. The molecule has 0 bridgehead atoms. The molecule has 0 atom stereocenters. The number of nitrogens with two attached hydrogens (primary N) is 1. The number of ether oxygens (including phenoxy) is 1. The van der Waals surface area contributed by atoms with Crippen molar-refractivity contribution in [3.63, 3.8) is 0 Å². The summed E-state index contributed by atoms with van der Waals surface area (Å²) in [5, 5.41) is 0. The fourth-order valence-electron chi connectivity index (χ4n) is 1.94. The van der Waals surface area contributed by atoms with Crippen molar-refractivity contribution in [3.05, 3.63) is 0 Å². The van der Waals surface area contributed by atoms with Crippen molar-refractivity contribution in [3.8, 4) is 0 Å². The third-order valence-electron chi connectivity index (χ3n) is 2.99. The summed E-state index contributed by atoms with van der Waals surface area (Å²) in [6.07, 6.45) is 13.6. The molecule has 0 fully saturated rings. The Balaban J connectivity index is 2.91. The van der Waals surface area contributed by atoms with Gasteiger partial charge in [0.1, 0.15) is 0 Å². The lowest BCUT2D eigenvalue weighted by Crippen LogP contribution is -2.13. The predicted octanol–water partition coefficient (Wildman–Crippen LogP) is 4.39. The highest BCUT2D eigenvalue weighted by Gasteiger charge is 1.95. The molecular formula is C14H29NO2. The van der Waals surface area contributed by atoms with Gasteiger partial charge in [0, 0.05) is 0 Å². The zero-order valence-electron chi connectivity index (χ0n) is 11.4. The van der Waals surface area contributed by atoms with Gasteiger partial charge in [0.05, 0.1) is 6.61 Å². The van der Waals surface area contributed by atoms with E-state index in [0.717, 1.165) is 12.8 Å². The molecule has 0 aliphatic carbocycles. The Morgan fingerprint density at radius 2 is 1.24 bits per heavy atom. The fourth-order valence-corrected chi connectivity index (χ4v) is 1.94. The van der Waals surface area contributed by atoms with Crippen LogP contribution < -0.4 is 5.73 Å². The Labute approximate surface area is 106 Å². The van der Waals surface area contributed by atoms with Crippen LogP contribution in [-0.4, -0.2) is 12.7 Å². The normalized spacial score (nSPS) is 10.4. The number of unbranched alkanes of at least 4 members (excludes halogenated alkanes) is 10. The maximum atomic E-state index is 10.3. The fraction of sp³-hybridized carbons (Fsp3) is 0.929. The Bertz CT molecular complexity index is 172. The van der Waals surface area contributed by atoms with E-state index in [1.165, 1.54) is 57.8 Å². The minimum Gasteiger partial charge on any atom is -0.450 e. The SMILES string of the molecule is CCCCCCCCCCCCCOC(N)=O. The molecule has 17 heavy (non-hydrogen) atoms. The monoisotopic (exact) mass is 243 g/mol. The molecule has 1 amide bonds. The molecule has 102 valence electrons. The van der Waals surface area contributed by atoms with Gasteiger partial charge in [0.25, 0.3) is 0 Å². The highest BCUT2D eigenvalue weighted by Crippen LogP contribution is 2.11. The number of primary amides is 1. The molecular weight excluding hydrogens is 214 g/mol. The van der Waals surface area contributed by atoms with E-state index in [1.54, 1.807) is 0 Å². The number of carbonyl (C=O) groups excluding carboxylic acids is 1. The molecule has 0 unspecified atom stereocenters. The van der Waals surface area contributed by atoms with Gasteiger partial charge in [-0.05, 0) is 6.42 Å². The summed E-state index contributed by atoms with van der Waals surface area (Å²) >= 11 is 0. The maximum absolute atomic E-state index is 10.3. The van der Waals surface area contributed by atoms with Crippen LogP contribution >= 0.6 is 0 Å². The molecule has 0 heterocycles. The van der Waals surface area contributed by atoms with Crippen LogP contribution in [-0.2, 0) is 4.74 Å². The van der Waals surface area contributed by atoms with Crippen molar-refractivity contribution in [2.45, 2.75) is 77.6 Å². The molecule has 0 aromatic carbocycles. The van der Waals surface area contributed by atoms with Gasteiger partial charge in [-0.25, -0.2) is 4.79 Å². The number of rotatable bonds is 12. The maximum Gasteiger partial charge on any atom is 0.404 e. The van der Waals surface area contributed by atoms with Crippen molar-refractivity contribution in [1.82, 2.24) is 0 Å². The molecule has 0 aliphatic rings. The van der Waals surface area contributed by atoms with E-state index in [2.05, 4.69) is 11.7 Å². The Kier molecular flexibility index (Phi) is 12.8. The van der Waals surface area contributed by atoms with Crippen LogP contribution in [0.1, 0.15) is 77.6 Å². The van der Waals surface area contributed by atoms with Crippen LogP contribution in [0.5, 0.6) is 0 Å². The van der Waals surface area contributed by atoms with Crippen molar-refractivity contribution < 1.29 is 9.53 Å². The quantitative estimate of drug-likeness (QED) is 0.517. The van der Waals surface area contributed by atoms with Crippen LogP contribution in [0.3, 0.4) is 0 Å². The Hall–Kier alpha value is -0.730. The van der Waals surface area contributed by atoms with Gasteiger partial charge in [-0.15, -0.1) is 0 Å². The third-order valence-corrected chi connectivity index (χ3v) is 2.99. The molecule has 2 N–H and O–H groups in total. The van der Waals surface area contributed by atoms with Gasteiger partial charge >= 0.3 is 6.09 Å². The van der Waals surface area contributed by atoms with E-state index >= 15 is 0 Å². The van der Waals surface area contributed by atoms with E-state index in [9.17, 15) is 4.79 Å². The number of carbonyl (C=O) groups is 1. The molecule has 0 aliphatic heterocycles. The zero-order valence-corrected chi connectivity index (χ0v) is 11.4. The second-order valence-corrected chi connectivity index (χ2v) is 4.70. The van der Waals surface area contributed by atoms with Crippen LogP contribution in [0.15, 0.2) is 0 Å². The first-order valence-electron chi connectivity index (χ1n) is 7.19. The second-order valence-electron chi connectivity index (χ2n) is 4.70. The van der Waals surface area contributed by atoms with Crippen molar-refractivity contribution in [1.29, 1.82) is 0 Å². The molecule has 0 radical (unpaired) electrons. The van der Waals surface area contributed by atoms with Crippen molar-refractivity contribution in [2.75, 3.05) is 6.61 Å². The highest BCUT2D eigenvalue weighted by atomic mass is 16.5. The zero-order chi connectivity index (χ0) is 12.8. The smallest absolute Gasteiger partial charge is 0.404 e. The summed E-state index contributed by atoms with van der Waals surface area (Å²) in [7, 11) is 0. The average molecular weight is 243 g/mol. The van der Waals surface area contributed by atoms with Gasteiger partial charge in [-0.1, -0.05) is 71.1 Å². The van der Waals surface area contributed by atoms with E-state index in [0.29, 0.717) is 6.61 Å². The molecule has 3 nitrogen and oxygen atoms in total. The summed E-state index contributed by atoms with van der Waals surface area (Å²) in [6, 6.07) is 0. The summed E-state index contributed by atoms with van der Waals surface area (Å²) < 4.78 is 4.66. The van der Waals surface area contributed by atoms with E-state index in [1.807, 2.05) is 0 Å². The van der Waals surface area contributed by atoms with E-state index in [4.69, 9.17) is 5.73 Å². The van der Waals surface area contributed by atoms with Gasteiger partial charge < -0.3 is 10.5 Å². The molecule has 3 heteroatoms. The summed E-state index contributed by atoms with van der Waals surface area (Å²) in [6.45, 7) is 2.73. The van der Waals surface area contributed by atoms with Crippen LogP contribution in [0.2, 0.25) is 0 Å². The number of amides is 1. The molecule has 0 saturated carbocycles. The molecule has 0 spiro atoms. The molecule has 0 saturated heterocycles. The van der Waals surface area contributed by atoms with Crippen LogP contribution in [0.4, 0.5) is 4.79 Å². The van der Waals surface area contributed by atoms with Gasteiger partial charge in [-0.2, -0.15) is 0 Å². The Morgan fingerprint density at radius 3 is 1.65 bits per heavy atom. The summed E-state index contributed by atoms with van der Waals surface area (Å²) in [5.41, 5.74) is 4.86. The highest BCUT2D eigenvalue weighted by molar-refractivity contribution is 5.64. The minimum absolute atomic E-state index is 0.479. The lowest BCUT2D eigenvalue weighted by molar-refractivity contribution is 0.154. The van der Waals surface area contributed by atoms with Crippen molar-refractivity contribution in [2.24, 2.45) is 5.73 Å². The lowest BCUT2D eigenvalue weighted by atomic mass is 10.1. The molecule has 0 aromatic heterocycles. The largest absolute Gasteiger partial charge is 0.450 e. The second kappa shape index (κ2) is 13.3. The summed E-state index contributed by atoms with van der Waals surface area (Å²) in [5.74, 6) is 0. The number of hydrogen-bond acceptors (Lipinski definition) is 2. The van der Waals surface area contributed by atoms with Gasteiger partial charge in [0.15, 0.2) is 0 Å². The first-order valence-corrected chi connectivity index (χ1v) is 7.19. The van der Waals surface area contributed by atoms with Gasteiger partial charge in [-0.3, -0.25) is 0 Å². The third kappa shape index (κ3) is 15.3. The predicted molar refractivity (Wildman–Crippen MR) is 72.0 cm³/mol. The van der Waals surface area contributed by atoms with Crippen LogP contribution in [0.25, 0.3) is 0 Å². The average Bonchev–Trinajstić information content (AvgIpc) is 2.30. The van der Waals surface area contributed by atoms with E-state index < -0.39 is 6.09 Å². The van der Waals surface area contributed by atoms with E-state index in [-0.39, 0.29) is 0 Å². The first kappa shape index (κ1) is 16.3. The summed E-state index contributed by atoms with van der Waals surface area (Å²) in [4.78, 5) is 10.3. The van der Waals surface area contributed by atoms with Gasteiger partial charge in [0.2, 0.25) is 0 Å².